The van der Waals surface area contributed by atoms with Crippen LogP contribution in [0.1, 0.15) is 124 Å². The van der Waals surface area contributed by atoms with Crippen LogP contribution in [0.15, 0.2) is 53.3 Å². The standard InChI is InChI=1S/C69H86FN11O21/c1-5-69(98)46-29-51-63-44(31-81(51)66(95)45(46)37-101-67(69)96)61-48(18-17-43-40(4)47(70)30-50(74-63)60(43)61)76-68(97)102-36-41-13-15-42(16-14-41)73-64(93)49(75-65(94)62(39(2)3)77-52(82)12-7-6-10-23-80-55(85)19-20-56(80)86)11-8-9-21-71-54(84)38-100-28-27-99-26-22-72-53(83)32-78(33-57(87)88)24-25-79(34-58(89)90)35-59(91)92/h13-16,19-20,29-30,39,48-49,62,98H,5-12,17-18,21-28,31-38H2,1-4H3,(H,71,84)(H,72,83)(H,73,93)(H,75,94)(H,76,97)(H,77,82)(H,87,88)(H,89,90)(H,91,92)/t48-,49-,62-,69-/m0/s1. The molecule has 0 unspecified atom stereocenters. The number of hydrogen-bond acceptors (Lipinski definition) is 21. The lowest BCUT2D eigenvalue weighted by atomic mass is 9.81. The number of hydrogen-bond donors (Lipinski definition) is 10. The summed E-state index contributed by atoms with van der Waals surface area (Å²) in [5.74, 6) is -9.05. The largest absolute Gasteiger partial charge is 0.480 e. The molecule has 5 heterocycles. The molecule has 3 aliphatic heterocycles. The topological polar surface area (TPSA) is 439 Å². The van der Waals surface area contributed by atoms with Gasteiger partial charge >= 0.3 is 30.0 Å². The first-order valence-corrected chi connectivity index (χ1v) is 33.7. The molecule has 32 nitrogen and oxygen atoms in total. The molecular formula is C69H86FN11O21. The molecule has 0 spiro atoms. The second-order valence-corrected chi connectivity index (χ2v) is 25.6. The predicted octanol–water partition coefficient (Wildman–Crippen LogP) is 1.78. The number of benzene rings is 2. The number of amides is 8. The van der Waals surface area contributed by atoms with Crippen molar-refractivity contribution in [2.75, 3.05) is 90.6 Å². The third-order valence-corrected chi connectivity index (χ3v) is 17.9. The zero-order chi connectivity index (χ0) is 73.9. The second kappa shape index (κ2) is 36.0. The van der Waals surface area contributed by atoms with Gasteiger partial charge in [-0.05, 0) is 105 Å². The van der Waals surface area contributed by atoms with Crippen molar-refractivity contribution in [2.24, 2.45) is 5.92 Å². The molecule has 550 valence electrons. The van der Waals surface area contributed by atoms with Gasteiger partial charge in [0, 0.05) is 79.6 Å². The molecule has 2 aromatic carbocycles. The Bertz CT molecular complexity index is 3920. The molecule has 33 heteroatoms. The highest BCUT2D eigenvalue weighted by Gasteiger charge is 2.46. The summed E-state index contributed by atoms with van der Waals surface area (Å²) in [4.78, 5) is 173. The Balaban J connectivity index is 0.824. The number of fused-ring (bicyclic) bond motifs is 5. The molecular weight excluding hydrogens is 1340 g/mol. The van der Waals surface area contributed by atoms with Gasteiger partial charge in [0.05, 0.1) is 81.1 Å². The Hall–Kier alpha value is -10.1. The van der Waals surface area contributed by atoms with Crippen molar-refractivity contribution in [1.29, 1.82) is 0 Å². The van der Waals surface area contributed by atoms with Gasteiger partial charge in [0.2, 0.25) is 29.5 Å². The van der Waals surface area contributed by atoms with Gasteiger partial charge in [-0.25, -0.2) is 19.0 Å². The zero-order valence-corrected chi connectivity index (χ0v) is 57.2. The summed E-state index contributed by atoms with van der Waals surface area (Å²) in [6.45, 7) is 4.02. The van der Waals surface area contributed by atoms with Crippen LogP contribution in [0.25, 0.3) is 22.3 Å². The Morgan fingerprint density at radius 3 is 2.10 bits per heavy atom. The molecule has 0 saturated heterocycles. The molecule has 0 bridgehead atoms. The van der Waals surface area contributed by atoms with E-state index in [1.165, 1.54) is 27.7 Å². The average molecular weight is 1420 g/mol. The van der Waals surface area contributed by atoms with Crippen molar-refractivity contribution in [2.45, 2.75) is 135 Å². The average Bonchev–Trinajstić information content (AvgIpc) is 1.50. The number of cyclic esters (lactones) is 1. The smallest absolute Gasteiger partial charge is 0.407 e. The van der Waals surface area contributed by atoms with Crippen LogP contribution in [0.2, 0.25) is 0 Å². The highest BCUT2D eigenvalue weighted by molar-refractivity contribution is 6.13. The van der Waals surface area contributed by atoms with Crippen molar-refractivity contribution >= 4 is 87.9 Å². The maximum atomic E-state index is 15.5. The molecule has 4 aromatic rings. The Morgan fingerprint density at radius 1 is 0.765 bits per heavy atom. The fourth-order valence-corrected chi connectivity index (χ4v) is 12.6. The summed E-state index contributed by atoms with van der Waals surface area (Å²) in [5.41, 5.74) is 1.86. The number of aliphatic carboxylic acids is 3. The molecule has 4 aliphatic rings. The number of nitrogens with one attached hydrogen (secondary N) is 6. The first-order chi connectivity index (χ1) is 48.6. The first-order valence-electron chi connectivity index (χ1n) is 33.7. The number of aliphatic hydroxyl groups is 1. The molecule has 0 saturated carbocycles. The number of aromatic nitrogens is 2. The summed E-state index contributed by atoms with van der Waals surface area (Å²) in [7, 11) is 0. The third kappa shape index (κ3) is 20.3. The van der Waals surface area contributed by atoms with E-state index in [-0.39, 0.29) is 116 Å². The van der Waals surface area contributed by atoms with Crippen LogP contribution in [-0.4, -0.2) is 213 Å². The molecule has 10 N–H and O–H groups in total. The van der Waals surface area contributed by atoms with Crippen LogP contribution in [0.3, 0.4) is 0 Å². The minimum absolute atomic E-state index is 0.00470. The monoisotopic (exact) mass is 1420 g/mol. The van der Waals surface area contributed by atoms with Crippen LogP contribution in [0.4, 0.5) is 14.9 Å². The number of aryl methyl sites for hydroxylation is 1. The van der Waals surface area contributed by atoms with E-state index in [4.69, 9.17) is 34.1 Å². The van der Waals surface area contributed by atoms with Gasteiger partial charge in [-0.15, -0.1) is 0 Å². The molecule has 102 heavy (non-hydrogen) atoms. The minimum atomic E-state index is -2.08. The highest BCUT2D eigenvalue weighted by atomic mass is 19.1. The van der Waals surface area contributed by atoms with Gasteiger partial charge in [0.1, 0.15) is 37.7 Å². The number of carbonyl (C=O) groups is 12. The summed E-state index contributed by atoms with van der Waals surface area (Å²) >= 11 is 0. The zero-order valence-electron chi connectivity index (χ0n) is 57.2. The number of carboxylic acid groups (broad SMARTS) is 3. The summed E-state index contributed by atoms with van der Waals surface area (Å²) < 4.78 is 38.9. The molecule has 8 rings (SSSR count). The van der Waals surface area contributed by atoms with E-state index in [0.717, 1.165) is 9.80 Å². The van der Waals surface area contributed by atoms with Crippen molar-refractivity contribution in [3.63, 3.8) is 0 Å². The van der Waals surface area contributed by atoms with Crippen LogP contribution in [0.5, 0.6) is 0 Å². The van der Waals surface area contributed by atoms with Crippen molar-refractivity contribution < 1.29 is 101 Å². The SMILES string of the molecule is CC[C@@]1(O)C(=O)OCc2c1cc1n(c2=O)Cc2c-1nc1cc(F)c(C)c3c1c2[C@@H](NC(=O)OCc1ccc(NC(=O)[C@H](CCCCNC(=O)COCCOCCNC(=O)CN(CCN(CC(=O)O)CC(=O)O)CC(=O)O)NC(=O)[C@@H](NC(=O)CCCCCN2C(=O)C=CC2=O)C(C)C)cc1)CC3. The third-order valence-electron chi connectivity index (χ3n) is 17.9. The molecule has 0 fully saturated rings. The molecule has 4 atom stereocenters. The number of nitrogens with zero attached hydrogens (tertiary/aromatic N) is 5. The van der Waals surface area contributed by atoms with E-state index in [1.54, 1.807) is 58.0 Å². The van der Waals surface area contributed by atoms with E-state index in [1.807, 2.05) is 0 Å². The lowest BCUT2D eigenvalue weighted by molar-refractivity contribution is -0.172. The maximum absolute atomic E-state index is 15.5. The van der Waals surface area contributed by atoms with Crippen LogP contribution >= 0.6 is 0 Å². The van der Waals surface area contributed by atoms with Crippen molar-refractivity contribution in [3.05, 3.63) is 104 Å². The van der Waals surface area contributed by atoms with Gasteiger partial charge in [-0.1, -0.05) is 39.3 Å². The number of ether oxygens (including phenoxy) is 4. The summed E-state index contributed by atoms with van der Waals surface area (Å²) in [6, 6.07) is 6.39. The van der Waals surface area contributed by atoms with E-state index < -0.39 is 132 Å². The normalized spacial score (nSPS) is 16.3. The highest BCUT2D eigenvalue weighted by Crippen LogP contribution is 2.46. The maximum Gasteiger partial charge on any atom is 0.407 e. The molecule has 1 aliphatic carbocycles. The number of pyridine rings is 2. The number of halogens is 1. The van der Waals surface area contributed by atoms with Gasteiger partial charge < -0.3 is 75.8 Å². The Morgan fingerprint density at radius 2 is 1.43 bits per heavy atom. The van der Waals surface area contributed by atoms with E-state index in [0.29, 0.717) is 101 Å². The van der Waals surface area contributed by atoms with E-state index in [9.17, 15) is 72.5 Å². The predicted molar refractivity (Wildman–Crippen MR) is 359 cm³/mol. The second-order valence-electron chi connectivity index (χ2n) is 25.6. The lowest BCUT2D eigenvalue weighted by Gasteiger charge is -2.31. The van der Waals surface area contributed by atoms with Gasteiger partial charge in [0.15, 0.2) is 5.60 Å². The van der Waals surface area contributed by atoms with Crippen LogP contribution in [-0.2, 0) is 103 Å². The summed E-state index contributed by atoms with van der Waals surface area (Å²) in [5, 5.41) is 56.2. The van der Waals surface area contributed by atoms with Gasteiger partial charge in [-0.3, -0.25) is 67.4 Å². The number of esters is 1. The number of carboxylic acids is 3. The summed E-state index contributed by atoms with van der Waals surface area (Å²) in [6.07, 6.45) is 4.48. The number of carbonyl (C=O) groups excluding carboxylic acids is 9. The quantitative estimate of drug-likeness (QED) is 0.0152. The number of imide groups is 1. The van der Waals surface area contributed by atoms with Crippen molar-refractivity contribution in [1.82, 2.24) is 50.8 Å². The van der Waals surface area contributed by atoms with Gasteiger partial charge in [0.25, 0.3) is 17.4 Å². The van der Waals surface area contributed by atoms with Crippen LogP contribution in [0, 0.1) is 18.7 Å². The van der Waals surface area contributed by atoms with Gasteiger partial charge in [-0.2, -0.15) is 0 Å². The molecule has 8 amide bonds. The van der Waals surface area contributed by atoms with E-state index in [2.05, 4.69) is 31.9 Å². The minimum Gasteiger partial charge on any atom is -0.480 e. The Kier molecular flexibility index (Phi) is 27.4. The Labute approximate surface area is 585 Å². The number of rotatable bonds is 40. The molecule has 2 aromatic heterocycles. The van der Waals surface area contributed by atoms with Crippen molar-refractivity contribution in [3.8, 4) is 11.4 Å². The number of alkyl carbamates (subject to hydrolysis) is 1. The number of anilines is 1. The fourth-order valence-electron chi connectivity index (χ4n) is 12.6. The number of unbranched alkanes of at least 4 members (excludes halogenated alkanes) is 3. The fraction of sp³-hybridized carbons (Fsp3) is 0.507. The molecule has 0 radical (unpaired) electrons. The first kappa shape index (κ1) is 77.6. The lowest BCUT2D eigenvalue weighted by Crippen LogP contribution is -2.54. The van der Waals surface area contributed by atoms with Crippen LogP contribution < -0.4 is 37.5 Å². The van der Waals surface area contributed by atoms with E-state index >= 15 is 4.39 Å².